The average molecular weight is 429 g/mol. The standard InChI is InChI=1S/C24H32N2O3S/c1-4-11-25(15-19(27)5-2)16-24(28)26-12-9-23-21(10-13-30-23)22(26)17-29-20-8-6-7-18(3)14-20/h4,6-8,10,13-14,19,22,27H,1,5,9,11-12,15-17H2,2-3H3/t19-,22+/m0/s1. The first kappa shape index (κ1) is 22.5. The van der Waals surface area contributed by atoms with E-state index < -0.39 is 6.10 Å². The van der Waals surface area contributed by atoms with Crippen LogP contribution in [0.2, 0.25) is 0 Å². The summed E-state index contributed by atoms with van der Waals surface area (Å²) >= 11 is 1.75. The quantitative estimate of drug-likeness (QED) is 0.585. The van der Waals surface area contributed by atoms with Crippen molar-refractivity contribution in [1.82, 2.24) is 9.80 Å². The van der Waals surface area contributed by atoms with E-state index >= 15 is 0 Å². The van der Waals surface area contributed by atoms with Crippen LogP contribution >= 0.6 is 11.3 Å². The Morgan fingerprint density at radius 2 is 2.30 bits per heavy atom. The molecule has 1 aromatic carbocycles. The molecule has 0 spiro atoms. The lowest BCUT2D eigenvalue weighted by Crippen LogP contribution is -2.47. The van der Waals surface area contributed by atoms with Crippen LogP contribution in [0.1, 0.15) is 35.4 Å². The number of benzene rings is 1. The average Bonchev–Trinajstić information content (AvgIpc) is 3.21. The van der Waals surface area contributed by atoms with Gasteiger partial charge < -0.3 is 14.7 Å². The van der Waals surface area contributed by atoms with Crippen LogP contribution < -0.4 is 4.74 Å². The molecule has 6 heteroatoms. The van der Waals surface area contributed by atoms with Crippen molar-refractivity contribution in [3.8, 4) is 5.75 Å². The van der Waals surface area contributed by atoms with Crippen LogP contribution in [0.4, 0.5) is 0 Å². The third kappa shape index (κ3) is 5.72. The second kappa shape index (κ2) is 10.8. The molecule has 1 N–H and O–H groups in total. The van der Waals surface area contributed by atoms with Gasteiger partial charge in [-0.25, -0.2) is 0 Å². The maximum absolute atomic E-state index is 13.3. The lowest BCUT2D eigenvalue weighted by molar-refractivity contribution is -0.136. The zero-order chi connectivity index (χ0) is 21.5. The van der Waals surface area contributed by atoms with Crippen molar-refractivity contribution in [2.75, 3.05) is 32.8 Å². The molecule has 0 saturated heterocycles. The summed E-state index contributed by atoms with van der Waals surface area (Å²) in [5, 5.41) is 12.1. The van der Waals surface area contributed by atoms with Crippen molar-refractivity contribution in [2.45, 2.75) is 38.8 Å². The maximum Gasteiger partial charge on any atom is 0.237 e. The van der Waals surface area contributed by atoms with E-state index in [1.807, 2.05) is 47.9 Å². The fourth-order valence-electron chi connectivity index (χ4n) is 3.85. The minimum Gasteiger partial charge on any atom is -0.491 e. The number of aliphatic hydroxyl groups excluding tert-OH is 1. The first-order valence-electron chi connectivity index (χ1n) is 10.6. The molecule has 0 saturated carbocycles. The van der Waals surface area contributed by atoms with E-state index in [2.05, 4.69) is 18.0 Å². The molecule has 0 unspecified atom stereocenters. The van der Waals surface area contributed by atoms with Gasteiger partial charge in [-0.1, -0.05) is 25.1 Å². The highest BCUT2D eigenvalue weighted by Crippen LogP contribution is 2.34. The van der Waals surface area contributed by atoms with Gasteiger partial charge in [0.2, 0.25) is 5.91 Å². The molecular weight excluding hydrogens is 396 g/mol. The number of nitrogens with zero attached hydrogens (tertiary/aromatic N) is 2. The number of aliphatic hydroxyl groups is 1. The molecular formula is C24H32N2O3S. The van der Waals surface area contributed by atoms with Gasteiger partial charge in [0, 0.05) is 24.5 Å². The summed E-state index contributed by atoms with van der Waals surface area (Å²) < 4.78 is 6.11. The Labute approximate surface area is 183 Å². The smallest absolute Gasteiger partial charge is 0.237 e. The molecule has 1 aliphatic heterocycles. The highest BCUT2D eigenvalue weighted by Gasteiger charge is 2.32. The zero-order valence-corrected chi connectivity index (χ0v) is 18.7. The number of hydrogen-bond acceptors (Lipinski definition) is 5. The van der Waals surface area contributed by atoms with Crippen LogP contribution in [0, 0.1) is 6.92 Å². The molecule has 3 rings (SSSR count). The van der Waals surface area contributed by atoms with Crippen molar-refractivity contribution in [1.29, 1.82) is 0 Å². The van der Waals surface area contributed by atoms with Gasteiger partial charge in [-0.05, 0) is 54.5 Å². The fraction of sp³-hybridized carbons (Fsp3) is 0.458. The molecule has 2 aromatic rings. The van der Waals surface area contributed by atoms with Crippen molar-refractivity contribution >= 4 is 17.2 Å². The second-order valence-electron chi connectivity index (χ2n) is 7.82. The van der Waals surface area contributed by atoms with E-state index in [-0.39, 0.29) is 18.5 Å². The highest BCUT2D eigenvalue weighted by atomic mass is 32.1. The number of fused-ring (bicyclic) bond motifs is 1. The van der Waals surface area contributed by atoms with Gasteiger partial charge in [0.25, 0.3) is 0 Å². The monoisotopic (exact) mass is 428 g/mol. The summed E-state index contributed by atoms with van der Waals surface area (Å²) in [6, 6.07) is 10.0. The van der Waals surface area contributed by atoms with Gasteiger partial charge in [-0.15, -0.1) is 17.9 Å². The number of carbonyl (C=O) groups is 1. The van der Waals surface area contributed by atoms with Gasteiger partial charge in [0.1, 0.15) is 12.4 Å². The Morgan fingerprint density at radius 3 is 3.03 bits per heavy atom. The first-order valence-corrected chi connectivity index (χ1v) is 11.5. The van der Waals surface area contributed by atoms with E-state index in [1.54, 1.807) is 17.4 Å². The van der Waals surface area contributed by atoms with Gasteiger partial charge in [0.05, 0.1) is 18.7 Å². The number of rotatable bonds is 10. The third-order valence-corrected chi connectivity index (χ3v) is 6.50. The third-order valence-electron chi connectivity index (χ3n) is 5.50. The summed E-state index contributed by atoms with van der Waals surface area (Å²) in [4.78, 5) is 18.5. The van der Waals surface area contributed by atoms with Crippen LogP contribution in [0.5, 0.6) is 5.75 Å². The molecule has 162 valence electrons. The molecule has 0 bridgehead atoms. The fourth-order valence-corrected chi connectivity index (χ4v) is 4.78. The Morgan fingerprint density at radius 1 is 1.47 bits per heavy atom. The summed E-state index contributed by atoms with van der Waals surface area (Å²) in [5.74, 6) is 0.888. The molecule has 30 heavy (non-hydrogen) atoms. The topological polar surface area (TPSA) is 53.0 Å². The Bertz CT molecular complexity index is 850. The van der Waals surface area contributed by atoms with Crippen LogP contribution in [0.3, 0.4) is 0 Å². The number of thiophene rings is 1. The Balaban J connectivity index is 1.73. The van der Waals surface area contributed by atoms with Crippen molar-refractivity contribution < 1.29 is 14.6 Å². The van der Waals surface area contributed by atoms with Crippen molar-refractivity contribution in [2.24, 2.45) is 0 Å². The molecule has 2 atom stereocenters. The molecule has 1 aromatic heterocycles. The summed E-state index contributed by atoms with van der Waals surface area (Å²) in [5.41, 5.74) is 2.34. The Kier molecular flexibility index (Phi) is 8.08. The molecule has 1 aliphatic rings. The molecule has 0 radical (unpaired) electrons. The predicted molar refractivity (Wildman–Crippen MR) is 122 cm³/mol. The van der Waals surface area contributed by atoms with Crippen LogP contribution in [0.15, 0.2) is 48.4 Å². The number of amides is 1. The number of ether oxygens (including phenoxy) is 1. The maximum atomic E-state index is 13.3. The molecule has 0 fully saturated rings. The first-order chi connectivity index (χ1) is 14.5. The van der Waals surface area contributed by atoms with Gasteiger partial charge in [0.15, 0.2) is 0 Å². The summed E-state index contributed by atoms with van der Waals surface area (Å²) in [6.07, 6.45) is 2.87. The van der Waals surface area contributed by atoms with Crippen molar-refractivity contribution in [3.63, 3.8) is 0 Å². The lowest BCUT2D eigenvalue weighted by Gasteiger charge is -2.37. The summed E-state index contributed by atoms with van der Waals surface area (Å²) in [6.45, 7) is 10.2. The normalized spacial score (nSPS) is 16.9. The van der Waals surface area contributed by atoms with E-state index in [0.717, 1.165) is 17.7 Å². The van der Waals surface area contributed by atoms with Crippen LogP contribution in [-0.4, -0.2) is 59.7 Å². The number of hydrogen-bond donors (Lipinski definition) is 1. The SMILES string of the molecule is C=CCN(CC(=O)N1CCc2sccc2[C@H]1COc1cccc(C)c1)C[C@@H](O)CC. The van der Waals surface area contributed by atoms with Crippen LogP contribution in [-0.2, 0) is 11.2 Å². The van der Waals surface area contributed by atoms with E-state index in [1.165, 1.54) is 10.4 Å². The van der Waals surface area contributed by atoms with E-state index in [4.69, 9.17) is 4.74 Å². The van der Waals surface area contributed by atoms with Crippen LogP contribution in [0.25, 0.3) is 0 Å². The summed E-state index contributed by atoms with van der Waals surface area (Å²) in [7, 11) is 0. The van der Waals surface area contributed by atoms with Gasteiger partial charge >= 0.3 is 0 Å². The van der Waals surface area contributed by atoms with Gasteiger partial charge in [-0.3, -0.25) is 9.69 Å². The lowest BCUT2D eigenvalue weighted by atomic mass is 10.0. The molecule has 0 aliphatic carbocycles. The Hall–Kier alpha value is -2.15. The van der Waals surface area contributed by atoms with E-state index in [0.29, 0.717) is 32.7 Å². The minimum absolute atomic E-state index is 0.0647. The minimum atomic E-state index is -0.442. The van der Waals surface area contributed by atoms with E-state index in [9.17, 15) is 9.90 Å². The van der Waals surface area contributed by atoms with Gasteiger partial charge in [-0.2, -0.15) is 0 Å². The second-order valence-corrected chi connectivity index (χ2v) is 8.83. The molecule has 5 nitrogen and oxygen atoms in total. The number of carbonyl (C=O) groups excluding carboxylic acids is 1. The number of aryl methyl sites for hydroxylation is 1. The predicted octanol–water partition coefficient (Wildman–Crippen LogP) is 3.82. The largest absolute Gasteiger partial charge is 0.491 e. The molecule has 1 amide bonds. The molecule has 2 heterocycles. The zero-order valence-electron chi connectivity index (χ0n) is 17.9. The van der Waals surface area contributed by atoms with Crippen molar-refractivity contribution in [3.05, 3.63) is 64.4 Å². The highest BCUT2D eigenvalue weighted by molar-refractivity contribution is 7.10.